The number of hydrogen-bond donors (Lipinski definition) is 1. The van der Waals surface area contributed by atoms with Gasteiger partial charge < -0.3 is 10.1 Å². The molecule has 1 aromatic rings. The second kappa shape index (κ2) is 5.39. The first-order valence-corrected chi connectivity index (χ1v) is 6.69. The molecule has 0 heterocycles. The summed E-state index contributed by atoms with van der Waals surface area (Å²) in [6, 6.07) is 6.34. The van der Waals surface area contributed by atoms with E-state index in [-0.39, 0.29) is 0 Å². The highest BCUT2D eigenvalue weighted by Gasteiger charge is 2.29. The summed E-state index contributed by atoms with van der Waals surface area (Å²) in [6.07, 6.45) is 2.56. The third-order valence-electron chi connectivity index (χ3n) is 2.79. The van der Waals surface area contributed by atoms with E-state index < -0.39 is 0 Å². The zero-order valence-electron chi connectivity index (χ0n) is 9.17. The molecular weight excluding hydrogens is 289 g/mol. The van der Waals surface area contributed by atoms with Gasteiger partial charge in [0.15, 0.2) is 0 Å². The van der Waals surface area contributed by atoms with Gasteiger partial charge in [-0.2, -0.15) is 0 Å². The van der Waals surface area contributed by atoms with Gasteiger partial charge in [0.25, 0.3) is 0 Å². The molecule has 16 heavy (non-hydrogen) atoms. The second-order valence-corrected chi connectivity index (χ2v) is 5.34. The van der Waals surface area contributed by atoms with E-state index in [1.807, 2.05) is 25.1 Å². The smallest absolute Gasteiger partial charge is 0.0638 e. The minimum atomic E-state index is 0.424. The van der Waals surface area contributed by atoms with Crippen LogP contribution in [0.5, 0.6) is 0 Å². The van der Waals surface area contributed by atoms with Crippen LogP contribution < -0.4 is 5.32 Å². The molecule has 0 unspecified atom stereocenters. The molecule has 0 spiro atoms. The van der Waals surface area contributed by atoms with Crippen LogP contribution in [0.15, 0.2) is 22.7 Å². The minimum Gasteiger partial charge on any atom is -0.381 e. The molecule has 0 bridgehead atoms. The Morgan fingerprint density at radius 2 is 2.25 bits per heavy atom. The van der Waals surface area contributed by atoms with Gasteiger partial charge in [-0.3, -0.25) is 0 Å². The van der Waals surface area contributed by atoms with Gasteiger partial charge >= 0.3 is 0 Å². The minimum absolute atomic E-state index is 0.424. The Morgan fingerprint density at radius 1 is 1.50 bits per heavy atom. The Morgan fingerprint density at radius 3 is 2.94 bits per heavy atom. The van der Waals surface area contributed by atoms with Crippen LogP contribution in [-0.2, 0) is 4.74 Å². The van der Waals surface area contributed by atoms with Gasteiger partial charge in [0.2, 0.25) is 0 Å². The maximum absolute atomic E-state index is 6.10. The van der Waals surface area contributed by atoms with E-state index in [0.717, 1.165) is 34.6 Å². The lowest BCUT2D eigenvalue weighted by Crippen LogP contribution is -2.40. The number of benzene rings is 1. The van der Waals surface area contributed by atoms with Crippen LogP contribution in [0.3, 0.4) is 0 Å². The van der Waals surface area contributed by atoms with Crippen molar-refractivity contribution in [3.63, 3.8) is 0 Å². The van der Waals surface area contributed by atoms with Crippen molar-refractivity contribution in [2.75, 3.05) is 11.9 Å². The third-order valence-corrected chi connectivity index (χ3v) is 3.61. The predicted octanol–water partition coefficient (Wildman–Crippen LogP) is 4.08. The number of ether oxygens (including phenoxy) is 1. The Hall–Kier alpha value is -0.250. The van der Waals surface area contributed by atoms with Crippen LogP contribution in [-0.4, -0.2) is 18.8 Å². The van der Waals surface area contributed by atoms with Gasteiger partial charge in [0, 0.05) is 17.1 Å². The summed E-state index contributed by atoms with van der Waals surface area (Å²) in [6.45, 7) is 2.83. The first-order chi connectivity index (χ1) is 7.69. The summed E-state index contributed by atoms with van der Waals surface area (Å²) >= 11 is 9.54. The zero-order chi connectivity index (χ0) is 11.5. The fourth-order valence-corrected chi connectivity index (χ4v) is 2.42. The maximum atomic E-state index is 6.10. The first-order valence-electron chi connectivity index (χ1n) is 5.52. The molecule has 1 aliphatic rings. The van der Waals surface area contributed by atoms with Crippen LogP contribution in [0.2, 0.25) is 5.02 Å². The Labute approximate surface area is 109 Å². The van der Waals surface area contributed by atoms with Crippen LogP contribution in [0.1, 0.15) is 19.8 Å². The molecule has 1 saturated carbocycles. The van der Waals surface area contributed by atoms with Crippen molar-refractivity contribution in [2.24, 2.45) is 0 Å². The number of hydrogen-bond acceptors (Lipinski definition) is 2. The quantitative estimate of drug-likeness (QED) is 0.905. The lowest BCUT2D eigenvalue weighted by molar-refractivity contribution is 0.00299. The monoisotopic (exact) mass is 303 g/mol. The van der Waals surface area contributed by atoms with E-state index in [2.05, 4.69) is 21.2 Å². The molecule has 4 heteroatoms. The highest BCUT2D eigenvalue weighted by atomic mass is 79.9. The second-order valence-electron chi connectivity index (χ2n) is 4.01. The molecule has 0 atom stereocenters. The standard InChI is InChI=1S/C12H15BrClNO/c1-2-16-10-6-9(7-10)15-12-5-8(13)3-4-11(12)14/h3-5,9-10,15H,2,6-7H2,1H3. The topological polar surface area (TPSA) is 21.3 Å². The third kappa shape index (κ3) is 2.90. The van der Waals surface area contributed by atoms with Gasteiger partial charge in [-0.1, -0.05) is 27.5 Å². The SMILES string of the molecule is CCOC1CC(Nc2cc(Br)ccc2Cl)C1. The van der Waals surface area contributed by atoms with Crippen LogP contribution in [0.25, 0.3) is 0 Å². The maximum Gasteiger partial charge on any atom is 0.0638 e. The average molecular weight is 305 g/mol. The Bertz CT molecular complexity index is 366. The molecule has 2 rings (SSSR count). The van der Waals surface area contributed by atoms with E-state index in [1.165, 1.54) is 0 Å². The molecule has 1 aliphatic carbocycles. The van der Waals surface area contributed by atoms with Crippen molar-refractivity contribution in [2.45, 2.75) is 31.9 Å². The largest absolute Gasteiger partial charge is 0.381 e. The number of anilines is 1. The van der Waals surface area contributed by atoms with E-state index in [9.17, 15) is 0 Å². The van der Waals surface area contributed by atoms with Crippen molar-refractivity contribution < 1.29 is 4.74 Å². The number of halogens is 2. The van der Waals surface area contributed by atoms with E-state index in [1.54, 1.807) is 0 Å². The molecule has 0 aliphatic heterocycles. The van der Waals surface area contributed by atoms with Crippen LogP contribution in [0, 0.1) is 0 Å². The van der Waals surface area contributed by atoms with E-state index in [0.29, 0.717) is 12.1 Å². The number of nitrogens with one attached hydrogen (secondary N) is 1. The van der Waals surface area contributed by atoms with Crippen molar-refractivity contribution in [3.05, 3.63) is 27.7 Å². The molecule has 0 aromatic heterocycles. The zero-order valence-corrected chi connectivity index (χ0v) is 11.5. The molecule has 88 valence electrons. The Kier molecular flexibility index (Phi) is 4.11. The van der Waals surface area contributed by atoms with Gasteiger partial charge in [-0.25, -0.2) is 0 Å². The van der Waals surface area contributed by atoms with Crippen molar-refractivity contribution >= 4 is 33.2 Å². The average Bonchev–Trinajstić information content (AvgIpc) is 2.20. The molecule has 1 N–H and O–H groups in total. The summed E-state index contributed by atoms with van der Waals surface area (Å²) < 4.78 is 6.56. The van der Waals surface area contributed by atoms with Crippen LogP contribution in [0.4, 0.5) is 5.69 Å². The molecule has 2 nitrogen and oxygen atoms in total. The van der Waals surface area contributed by atoms with Crippen molar-refractivity contribution in [1.82, 2.24) is 0 Å². The molecule has 0 amide bonds. The normalized spacial score (nSPS) is 23.9. The Balaban J connectivity index is 1.89. The molecule has 1 aromatic carbocycles. The van der Waals surface area contributed by atoms with E-state index >= 15 is 0 Å². The highest BCUT2D eigenvalue weighted by Crippen LogP contribution is 2.31. The van der Waals surface area contributed by atoms with Gasteiger partial charge in [-0.15, -0.1) is 0 Å². The number of rotatable bonds is 4. The summed E-state index contributed by atoms with van der Waals surface area (Å²) in [4.78, 5) is 0. The van der Waals surface area contributed by atoms with Gasteiger partial charge in [0.1, 0.15) is 0 Å². The van der Waals surface area contributed by atoms with Gasteiger partial charge in [0.05, 0.1) is 16.8 Å². The molecule has 0 radical (unpaired) electrons. The fourth-order valence-electron chi connectivity index (χ4n) is 1.88. The molecule has 1 fully saturated rings. The summed E-state index contributed by atoms with van der Waals surface area (Å²) in [5.41, 5.74) is 0.996. The molecular formula is C12H15BrClNO. The van der Waals surface area contributed by atoms with Gasteiger partial charge in [-0.05, 0) is 38.0 Å². The van der Waals surface area contributed by atoms with Crippen molar-refractivity contribution in [1.29, 1.82) is 0 Å². The fraction of sp³-hybridized carbons (Fsp3) is 0.500. The van der Waals surface area contributed by atoms with Crippen molar-refractivity contribution in [3.8, 4) is 0 Å². The van der Waals surface area contributed by atoms with Crippen LogP contribution >= 0.6 is 27.5 Å². The predicted molar refractivity (Wildman–Crippen MR) is 71.2 cm³/mol. The summed E-state index contributed by atoms with van der Waals surface area (Å²) in [5, 5.41) is 4.20. The lowest BCUT2D eigenvalue weighted by atomic mass is 9.89. The van der Waals surface area contributed by atoms with E-state index in [4.69, 9.17) is 16.3 Å². The summed E-state index contributed by atoms with van der Waals surface area (Å²) in [7, 11) is 0. The highest BCUT2D eigenvalue weighted by molar-refractivity contribution is 9.10. The molecule has 0 saturated heterocycles. The summed E-state index contributed by atoms with van der Waals surface area (Å²) in [5.74, 6) is 0. The first kappa shape index (κ1) is 12.2. The lowest BCUT2D eigenvalue weighted by Gasteiger charge is -2.36.